The lowest BCUT2D eigenvalue weighted by Crippen LogP contribution is -2.40. The van der Waals surface area contributed by atoms with Gasteiger partial charge in [0.2, 0.25) is 0 Å². The van der Waals surface area contributed by atoms with E-state index in [2.05, 4.69) is 4.99 Å². The van der Waals surface area contributed by atoms with E-state index in [4.69, 9.17) is 14.7 Å². The number of thiazole rings is 1. The number of rotatable bonds is 6. The SMILES string of the molecule is CCC1=C(C(=O)OC)[C@@H](c2ccccc2)n2c(s/c(=C/c3cccc(OCC#N)c3)c2=O)=N1. The molecule has 3 aromatic rings. The van der Waals surface area contributed by atoms with E-state index in [0.717, 1.165) is 11.1 Å². The normalized spacial score (nSPS) is 15.4. The van der Waals surface area contributed by atoms with Gasteiger partial charge in [0.25, 0.3) is 5.56 Å². The molecule has 0 unspecified atom stereocenters. The number of fused-ring (bicyclic) bond motifs is 1. The molecule has 166 valence electrons. The summed E-state index contributed by atoms with van der Waals surface area (Å²) in [5, 5.41) is 8.73. The van der Waals surface area contributed by atoms with Gasteiger partial charge in [-0.25, -0.2) is 9.79 Å². The Bertz CT molecular complexity index is 1450. The lowest BCUT2D eigenvalue weighted by molar-refractivity contribution is -0.136. The molecular formula is C25H21N3O4S. The summed E-state index contributed by atoms with van der Waals surface area (Å²) in [4.78, 5) is 31.5. The molecule has 0 spiro atoms. The van der Waals surface area contributed by atoms with Crippen molar-refractivity contribution in [3.63, 3.8) is 0 Å². The van der Waals surface area contributed by atoms with E-state index in [-0.39, 0.29) is 12.2 Å². The van der Waals surface area contributed by atoms with Crippen LogP contribution in [-0.2, 0) is 9.53 Å². The fourth-order valence-corrected chi connectivity index (χ4v) is 4.80. The van der Waals surface area contributed by atoms with E-state index in [1.165, 1.54) is 18.4 Å². The van der Waals surface area contributed by atoms with Gasteiger partial charge in [-0.3, -0.25) is 9.36 Å². The highest BCUT2D eigenvalue weighted by Crippen LogP contribution is 2.31. The van der Waals surface area contributed by atoms with Crippen molar-refractivity contribution in [2.45, 2.75) is 19.4 Å². The fraction of sp³-hybridized carbons (Fsp3) is 0.200. The molecule has 0 amide bonds. The van der Waals surface area contributed by atoms with Gasteiger partial charge in [-0.2, -0.15) is 5.26 Å². The molecule has 0 saturated carbocycles. The first-order valence-electron chi connectivity index (χ1n) is 10.3. The van der Waals surface area contributed by atoms with Gasteiger partial charge in [0.15, 0.2) is 11.4 Å². The topological polar surface area (TPSA) is 93.7 Å². The Hall–Kier alpha value is -3.96. The third-order valence-electron chi connectivity index (χ3n) is 5.22. The molecule has 0 fully saturated rings. The van der Waals surface area contributed by atoms with Crippen LogP contribution in [0.25, 0.3) is 6.08 Å². The molecule has 0 saturated heterocycles. The van der Waals surface area contributed by atoms with Crippen LogP contribution in [0.4, 0.5) is 0 Å². The smallest absolute Gasteiger partial charge is 0.338 e. The van der Waals surface area contributed by atoms with Gasteiger partial charge in [0.1, 0.15) is 11.8 Å². The molecular weight excluding hydrogens is 438 g/mol. The Balaban J connectivity index is 1.91. The molecule has 8 heteroatoms. The Morgan fingerprint density at radius 3 is 2.73 bits per heavy atom. The summed E-state index contributed by atoms with van der Waals surface area (Å²) in [6.07, 6.45) is 2.29. The molecule has 7 nitrogen and oxygen atoms in total. The van der Waals surface area contributed by atoms with Crippen LogP contribution in [0.15, 0.2) is 75.7 Å². The van der Waals surface area contributed by atoms with Crippen LogP contribution in [0, 0.1) is 11.3 Å². The van der Waals surface area contributed by atoms with Crippen LogP contribution in [-0.4, -0.2) is 24.3 Å². The zero-order chi connectivity index (χ0) is 23.4. The van der Waals surface area contributed by atoms with Crippen molar-refractivity contribution < 1.29 is 14.3 Å². The minimum Gasteiger partial charge on any atom is -0.479 e. The van der Waals surface area contributed by atoms with Crippen molar-refractivity contribution in [1.29, 1.82) is 5.26 Å². The highest BCUT2D eigenvalue weighted by Gasteiger charge is 2.33. The van der Waals surface area contributed by atoms with E-state index in [9.17, 15) is 9.59 Å². The number of nitriles is 1. The maximum absolute atomic E-state index is 13.5. The molecule has 1 aromatic heterocycles. The largest absolute Gasteiger partial charge is 0.479 e. The Kier molecular flexibility index (Phi) is 6.52. The van der Waals surface area contributed by atoms with Crippen molar-refractivity contribution in [1.82, 2.24) is 4.57 Å². The molecule has 33 heavy (non-hydrogen) atoms. The maximum atomic E-state index is 13.5. The van der Waals surface area contributed by atoms with Gasteiger partial charge in [-0.15, -0.1) is 0 Å². The van der Waals surface area contributed by atoms with E-state index in [1.807, 2.05) is 49.4 Å². The average molecular weight is 460 g/mol. The zero-order valence-corrected chi connectivity index (χ0v) is 19.0. The zero-order valence-electron chi connectivity index (χ0n) is 18.1. The minimum atomic E-state index is -0.628. The van der Waals surface area contributed by atoms with Gasteiger partial charge in [-0.1, -0.05) is 60.7 Å². The minimum absolute atomic E-state index is 0.0567. The Morgan fingerprint density at radius 2 is 2.03 bits per heavy atom. The number of methoxy groups -OCH3 is 1. The van der Waals surface area contributed by atoms with Gasteiger partial charge in [-0.05, 0) is 35.8 Å². The number of hydrogen-bond donors (Lipinski definition) is 0. The Labute approximate surface area is 194 Å². The summed E-state index contributed by atoms with van der Waals surface area (Å²) in [7, 11) is 1.33. The quantitative estimate of drug-likeness (QED) is 0.529. The van der Waals surface area contributed by atoms with Crippen molar-refractivity contribution in [3.05, 3.63) is 96.7 Å². The van der Waals surface area contributed by atoms with Gasteiger partial charge < -0.3 is 9.47 Å². The second-order valence-electron chi connectivity index (χ2n) is 7.22. The summed E-state index contributed by atoms with van der Waals surface area (Å²) >= 11 is 1.27. The second kappa shape index (κ2) is 9.67. The second-order valence-corrected chi connectivity index (χ2v) is 8.23. The molecule has 1 atom stereocenters. The monoisotopic (exact) mass is 459 g/mol. The Morgan fingerprint density at radius 1 is 1.24 bits per heavy atom. The number of esters is 1. The van der Waals surface area contributed by atoms with Crippen LogP contribution in [0.5, 0.6) is 5.75 Å². The summed E-state index contributed by atoms with van der Waals surface area (Å²) in [6.45, 7) is 1.86. The van der Waals surface area contributed by atoms with E-state index < -0.39 is 12.0 Å². The molecule has 1 aliphatic heterocycles. The summed E-state index contributed by atoms with van der Waals surface area (Å²) < 4.78 is 12.5. The van der Waals surface area contributed by atoms with Gasteiger partial charge in [0.05, 0.1) is 29.0 Å². The summed E-state index contributed by atoms with van der Waals surface area (Å²) in [5.74, 6) is 0.0440. The third-order valence-corrected chi connectivity index (χ3v) is 6.21. The molecule has 2 heterocycles. The number of aromatic nitrogens is 1. The van der Waals surface area contributed by atoms with Gasteiger partial charge >= 0.3 is 5.97 Å². The predicted molar refractivity (Wildman–Crippen MR) is 124 cm³/mol. The summed E-state index contributed by atoms with van der Waals surface area (Å²) in [6, 6.07) is 17.9. The number of carbonyl (C=O) groups is 1. The highest BCUT2D eigenvalue weighted by molar-refractivity contribution is 7.07. The third kappa shape index (κ3) is 4.36. The molecule has 2 aromatic carbocycles. The van der Waals surface area contributed by atoms with Crippen molar-refractivity contribution in [2.24, 2.45) is 4.99 Å². The molecule has 1 aliphatic rings. The van der Waals surface area contributed by atoms with Gasteiger partial charge in [0, 0.05) is 0 Å². The first-order valence-corrected chi connectivity index (χ1v) is 11.2. The van der Waals surface area contributed by atoms with Crippen molar-refractivity contribution in [2.75, 3.05) is 13.7 Å². The van der Waals surface area contributed by atoms with Crippen molar-refractivity contribution >= 4 is 23.4 Å². The molecule has 0 bridgehead atoms. The molecule has 0 N–H and O–H groups in total. The van der Waals surface area contributed by atoms with Crippen LogP contribution < -0.4 is 19.6 Å². The standard InChI is InChI=1S/C25H21N3O4S/c1-3-19-21(24(30)31-2)22(17-9-5-4-6-10-17)28-23(29)20(33-25(28)27-19)15-16-8-7-11-18(14-16)32-13-12-26/h4-11,14-15,22H,3,13H2,1-2H3/b20-15+/t22-/m1/s1. The van der Waals surface area contributed by atoms with Crippen LogP contribution in [0.3, 0.4) is 0 Å². The van der Waals surface area contributed by atoms with E-state index in [1.54, 1.807) is 28.8 Å². The maximum Gasteiger partial charge on any atom is 0.338 e. The molecule has 4 rings (SSSR count). The first-order chi connectivity index (χ1) is 16.1. The highest BCUT2D eigenvalue weighted by atomic mass is 32.1. The average Bonchev–Trinajstić information content (AvgIpc) is 3.16. The van der Waals surface area contributed by atoms with E-state index >= 15 is 0 Å². The number of nitrogens with zero attached hydrogens (tertiary/aromatic N) is 3. The number of benzene rings is 2. The number of carbonyl (C=O) groups excluding carboxylic acids is 1. The molecule has 0 radical (unpaired) electrons. The first kappa shape index (κ1) is 22.2. The van der Waals surface area contributed by atoms with Crippen LogP contribution in [0.2, 0.25) is 0 Å². The van der Waals surface area contributed by atoms with Crippen LogP contribution >= 0.6 is 11.3 Å². The number of allylic oxidation sites excluding steroid dienone is 1. The van der Waals surface area contributed by atoms with Crippen LogP contribution in [0.1, 0.15) is 30.5 Å². The predicted octanol–water partition coefficient (Wildman–Crippen LogP) is 2.70. The lowest BCUT2D eigenvalue weighted by atomic mass is 9.95. The van der Waals surface area contributed by atoms with Crippen molar-refractivity contribution in [3.8, 4) is 11.8 Å². The fourth-order valence-electron chi connectivity index (χ4n) is 3.78. The summed E-state index contributed by atoms with van der Waals surface area (Å²) in [5.41, 5.74) is 2.30. The van der Waals surface area contributed by atoms with E-state index in [0.29, 0.717) is 32.8 Å². The number of hydrogen-bond acceptors (Lipinski definition) is 7. The lowest BCUT2D eigenvalue weighted by Gasteiger charge is -2.25. The number of ether oxygens (including phenoxy) is 2. The molecule has 0 aliphatic carbocycles.